The van der Waals surface area contributed by atoms with E-state index < -0.39 is 10.0 Å². The minimum atomic E-state index is -3.65. The van der Waals surface area contributed by atoms with E-state index in [1.54, 1.807) is 24.7 Å². The standard InChI is InChI=1S/C18H14N4O2S/c19-11-14-3-5-17(6-4-14)25(23,24)22-12-15-7-9-21-18(10-15)16-2-1-8-20-13-16/h1-10,13,22H,12H2. The zero-order chi connectivity index (χ0) is 17.7. The predicted molar refractivity (Wildman–Crippen MR) is 92.7 cm³/mol. The number of hydrogen-bond donors (Lipinski definition) is 1. The van der Waals surface area contributed by atoms with Crippen molar-refractivity contribution in [2.24, 2.45) is 0 Å². The molecule has 0 aliphatic rings. The Morgan fingerprint density at radius 1 is 1.08 bits per heavy atom. The Morgan fingerprint density at radius 3 is 2.56 bits per heavy atom. The van der Waals surface area contributed by atoms with Gasteiger partial charge in [0.25, 0.3) is 0 Å². The highest BCUT2D eigenvalue weighted by Gasteiger charge is 2.13. The van der Waals surface area contributed by atoms with Gasteiger partial charge in [-0.1, -0.05) is 0 Å². The van der Waals surface area contributed by atoms with E-state index in [1.165, 1.54) is 24.3 Å². The Labute approximate surface area is 145 Å². The van der Waals surface area contributed by atoms with Gasteiger partial charge in [-0.05, 0) is 54.1 Å². The van der Waals surface area contributed by atoms with Crippen LogP contribution in [0.25, 0.3) is 11.3 Å². The summed E-state index contributed by atoms with van der Waals surface area (Å²) in [5.41, 5.74) is 2.78. The SMILES string of the molecule is N#Cc1ccc(S(=O)(=O)NCc2ccnc(-c3cccnc3)c2)cc1. The molecule has 2 heterocycles. The summed E-state index contributed by atoms with van der Waals surface area (Å²) in [5, 5.41) is 8.78. The second-order valence-corrected chi connectivity index (χ2v) is 7.02. The summed E-state index contributed by atoms with van der Waals surface area (Å²) in [4.78, 5) is 8.46. The number of rotatable bonds is 5. The van der Waals surface area contributed by atoms with Crippen LogP contribution in [0.2, 0.25) is 0 Å². The highest BCUT2D eigenvalue weighted by molar-refractivity contribution is 7.89. The number of sulfonamides is 1. The van der Waals surface area contributed by atoms with Crippen molar-refractivity contribution in [3.05, 3.63) is 78.2 Å². The van der Waals surface area contributed by atoms with Crippen LogP contribution in [-0.4, -0.2) is 18.4 Å². The zero-order valence-corrected chi connectivity index (χ0v) is 13.9. The van der Waals surface area contributed by atoms with E-state index in [0.717, 1.165) is 16.8 Å². The van der Waals surface area contributed by atoms with E-state index >= 15 is 0 Å². The van der Waals surface area contributed by atoms with Crippen molar-refractivity contribution in [2.45, 2.75) is 11.4 Å². The first-order valence-electron chi connectivity index (χ1n) is 7.44. The first kappa shape index (κ1) is 16.8. The van der Waals surface area contributed by atoms with Crippen LogP contribution >= 0.6 is 0 Å². The molecule has 0 atom stereocenters. The van der Waals surface area contributed by atoms with Crippen LogP contribution in [0.3, 0.4) is 0 Å². The van der Waals surface area contributed by atoms with Crippen LogP contribution in [-0.2, 0) is 16.6 Å². The van der Waals surface area contributed by atoms with Crippen LogP contribution < -0.4 is 4.72 Å². The van der Waals surface area contributed by atoms with E-state index in [9.17, 15) is 8.42 Å². The molecule has 0 spiro atoms. The first-order valence-corrected chi connectivity index (χ1v) is 8.92. The minimum absolute atomic E-state index is 0.119. The van der Waals surface area contributed by atoms with Crippen LogP contribution in [0.15, 0.2) is 72.0 Å². The summed E-state index contributed by atoms with van der Waals surface area (Å²) in [6, 6.07) is 15.0. The Kier molecular flexibility index (Phi) is 4.84. The third kappa shape index (κ3) is 4.07. The molecule has 0 saturated heterocycles. The maximum atomic E-state index is 12.3. The van der Waals surface area contributed by atoms with E-state index in [4.69, 9.17) is 5.26 Å². The monoisotopic (exact) mass is 350 g/mol. The van der Waals surface area contributed by atoms with Crippen molar-refractivity contribution >= 4 is 10.0 Å². The lowest BCUT2D eigenvalue weighted by atomic mass is 10.1. The number of pyridine rings is 2. The predicted octanol–water partition coefficient (Wildman–Crippen LogP) is 2.49. The van der Waals surface area contributed by atoms with Crippen LogP contribution in [0, 0.1) is 11.3 Å². The average molecular weight is 350 g/mol. The summed E-state index contributed by atoms with van der Waals surface area (Å²) >= 11 is 0. The van der Waals surface area contributed by atoms with Crippen LogP contribution in [0.4, 0.5) is 0 Å². The molecule has 0 fully saturated rings. The molecular formula is C18H14N4O2S. The molecule has 3 rings (SSSR count). The number of hydrogen-bond acceptors (Lipinski definition) is 5. The number of benzene rings is 1. The maximum absolute atomic E-state index is 12.3. The summed E-state index contributed by atoms with van der Waals surface area (Å²) in [6.45, 7) is 0.137. The van der Waals surface area contributed by atoms with Gasteiger partial charge in [0.05, 0.1) is 22.2 Å². The fraction of sp³-hybridized carbons (Fsp3) is 0.0556. The van der Waals surface area contributed by atoms with Gasteiger partial charge >= 0.3 is 0 Å². The third-order valence-electron chi connectivity index (χ3n) is 3.54. The van der Waals surface area contributed by atoms with Gasteiger partial charge in [-0.3, -0.25) is 9.97 Å². The average Bonchev–Trinajstić information content (AvgIpc) is 2.67. The molecule has 2 aromatic heterocycles. The quantitative estimate of drug-likeness (QED) is 0.763. The molecule has 7 heteroatoms. The molecular weight excluding hydrogens is 336 g/mol. The fourth-order valence-corrected chi connectivity index (χ4v) is 3.24. The molecule has 3 aromatic rings. The van der Waals surface area contributed by atoms with E-state index in [1.807, 2.05) is 24.3 Å². The second kappa shape index (κ2) is 7.21. The molecule has 25 heavy (non-hydrogen) atoms. The van der Waals surface area contributed by atoms with Gasteiger partial charge in [0.2, 0.25) is 10.0 Å². The number of nitriles is 1. The lowest BCUT2D eigenvalue weighted by Crippen LogP contribution is -2.23. The van der Waals surface area contributed by atoms with Gasteiger partial charge < -0.3 is 0 Å². The van der Waals surface area contributed by atoms with Gasteiger partial charge in [-0.2, -0.15) is 5.26 Å². The zero-order valence-electron chi connectivity index (χ0n) is 13.1. The molecule has 0 bridgehead atoms. The van der Waals surface area contributed by atoms with Crippen molar-refractivity contribution in [2.75, 3.05) is 0 Å². The molecule has 0 amide bonds. The van der Waals surface area contributed by atoms with Crippen molar-refractivity contribution in [3.8, 4) is 17.3 Å². The summed E-state index contributed by atoms with van der Waals surface area (Å²) in [6.07, 6.45) is 5.01. The summed E-state index contributed by atoms with van der Waals surface area (Å²) in [7, 11) is -3.65. The van der Waals surface area contributed by atoms with Gasteiger partial charge in [-0.25, -0.2) is 13.1 Å². The molecule has 1 aromatic carbocycles. The highest BCUT2D eigenvalue weighted by atomic mass is 32.2. The lowest BCUT2D eigenvalue weighted by Gasteiger charge is -2.08. The van der Waals surface area contributed by atoms with Crippen molar-refractivity contribution in [3.63, 3.8) is 0 Å². The van der Waals surface area contributed by atoms with Gasteiger partial charge in [-0.15, -0.1) is 0 Å². The Bertz CT molecular complexity index is 1010. The van der Waals surface area contributed by atoms with Gasteiger partial charge in [0.15, 0.2) is 0 Å². The van der Waals surface area contributed by atoms with Crippen molar-refractivity contribution < 1.29 is 8.42 Å². The van der Waals surface area contributed by atoms with E-state index in [2.05, 4.69) is 14.7 Å². The molecule has 1 N–H and O–H groups in total. The largest absolute Gasteiger partial charge is 0.264 e. The Balaban J connectivity index is 1.76. The highest BCUT2D eigenvalue weighted by Crippen LogP contribution is 2.17. The maximum Gasteiger partial charge on any atom is 0.240 e. The van der Waals surface area contributed by atoms with Crippen molar-refractivity contribution in [1.29, 1.82) is 5.26 Å². The van der Waals surface area contributed by atoms with Gasteiger partial charge in [0.1, 0.15) is 0 Å². The topological polar surface area (TPSA) is 95.7 Å². The van der Waals surface area contributed by atoms with E-state index in [-0.39, 0.29) is 11.4 Å². The number of aromatic nitrogens is 2. The third-order valence-corrected chi connectivity index (χ3v) is 4.96. The van der Waals surface area contributed by atoms with Gasteiger partial charge in [0, 0.05) is 30.7 Å². The lowest BCUT2D eigenvalue weighted by molar-refractivity contribution is 0.581. The molecule has 0 saturated carbocycles. The Morgan fingerprint density at radius 2 is 1.88 bits per heavy atom. The smallest absolute Gasteiger partial charge is 0.240 e. The molecule has 0 aliphatic heterocycles. The minimum Gasteiger partial charge on any atom is -0.264 e. The fourth-order valence-electron chi connectivity index (χ4n) is 2.23. The molecule has 0 unspecified atom stereocenters. The van der Waals surface area contributed by atoms with Crippen LogP contribution in [0.5, 0.6) is 0 Å². The normalized spacial score (nSPS) is 11.0. The number of nitrogens with zero attached hydrogens (tertiary/aromatic N) is 3. The molecule has 124 valence electrons. The van der Waals surface area contributed by atoms with Crippen molar-refractivity contribution in [1.82, 2.24) is 14.7 Å². The second-order valence-electron chi connectivity index (χ2n) is 5.25. The summed E-state index contributed by atoms with van der Waals surface area (Å²) < 4.78 is 27.2. The van der Waals surface area contributed by atoms with E-state index in [0.29, 0.717) is 5.56 Å². The molecule has 0 radical (unpaired) electrons. The first-order chi connectivity index (χ1) is 12.1. The number of nitrogens with one attached hydrogen (secondary N) is 1. The molecule has 6 nitrogen and oxygen atoms in total. The summed E-state index contributed by atoms with van der Waals surface area (Å²) in [5.74, 6) is 0. The van der Waals surface area contributed by atoms with Crippen LogP contribution in [0.1, 0.15) is 11.1 Å². The Hall–Kier alpha value is -3.08. The molecule has 0 aliphatic carbocycles.